The Morgan fingerprint density at radius 1 is 1.15 bits per heavy atom. The van der Waals surface area contributed by atoms with Crippen molar-refractivity contribution in [2.24, 2.45) is 0 Å². The molecule has 0 radical (unpaired) electrons. The Labute approximate surface area is 154 Å². The van der Waals surface area contributed by atoms with Crippen LogP contribution in [0.25, 0.3) is 0 Å². The SMILES string of the molecule is CCc1ccc(N)c(C(=N)c2cc(N3CCN(C4CC4)CC3)ncn2)c1. The maximum absolute atomic E-state index is 8.59. The number of anilines is 2. The fourth-order valence-electron chi connectivity index (χ4n) is 3.59. The number of piperazine rings is 1. The molecule has 2 fully saturated rings. The average Bonchev–Trinajstić information content (AvgIpc) is 3.53. The van der Waals surface area contributed by atoms with Gasteiger partial charge in [-0.1, -0.05) is 13.0 Å². The van der Waals surface area contributed by atoms with Gasteiger partial charge in [0, 0.05) is 49.5 Å². The van der Waals surface area contributed by atoms with E-state index in [0.717, 1.165) is 50.0 Å². The average molecular weight is 350 g/mol. The first kappa shape index (κ1) is 17.0. The molecule has 1 aliphatic carbocycles. The third-order valence-corrected chi connectivity index (χ3v) is 5.41. The van der Waals surface area contributed by atoms with Gasteiger partial charge in [-0.25, -0.2) is 9.97 Å². The van der Waals surface area contributed by atoms with Crippen LogP contribution in [0.15, 0.2) is 30.6 Å². The predicted octanol–water partition coefficient (Wildman–Crippen LogP) is 2.32. The van der Waals surface area contributed by atoms with Crippen molar-refractivity contribution < 1.29 is 0 Å². The first-order valence-corrected chi connectivity index (χ1v) is 9.44. The highest BCUT2D eigenvalue weighted by molar-refractivity contribution is 6.13. The van der Waals surface area contributed by atoms with Gasteiger partial charge in [-0.15, -0.1) is 0 Å². The van der Waals surface area contributed by atoms with E-state index in [1.165, 1.54) is 18.4 Å². The number of hydrogen-bond acceptors (Lipinski definition) is 6. The maximum atomic E-state index is 8.59. The van der Waals surface area contributed by atoms with Crippen LogP contribution in [0.5, 0.6) is 0 Å². The van der Waals surface area contributed by atoms with Crippen LogP contribution in [0.3, 0.4) is 0 Å². The maximum Gasteiger partial charge on any atom is 0.132 e. The lowest BCUT2D eigenvalue weighted by molar-refractivity contribution is 0.247. The highest BCUT2D eigenvalue weighted by Gasteiger charge is 2.31. The van der Waals surface area contributed by atoms with Crippen molar-refractivity contribution in [2.45, 2.75) is 32.2 Å². The summed E-state index contributed by atoms with van der Waals surface area (Å²) in [5.74, 6) is 0.903. The summed E-state index contributed by atoms with van der Waals surface area (Å²) < 4.78 is 0. The van der Waals surface area contributed by atoms with Gasteiger partial charge in [0.05, 0.1) is 11.4 Å². The normalized spacial score (nSPS) is 18.1. The molecule has 0 amide bonds. The van der Waals surface area contributed by atoms with Crippen LogP contribution in [0.4, 0.5) is 11.5 Å². The summed E-state index contributed by atoms with van der Waals surface area (Å²) in [7, 11) is 0. The molecule has 1 aromatic heterocycles. The molecule has 136 valence electrons. The van der Waals surface area contributed by atoms with E-state index in [4.69, 9.17) is 11.1 Å². The van der Waals surface area contributed by atoms with Crippen LogP contribution >= 0.6 is 0 Å². The van der Waals surface area contributed by atoms with E-state index in [1.807, 2.05) is 24.3 Å². The van der Waals surface area contributed by atoms with Crippen molar-refractivity contribution in [1.29, 1.82) is 5.41 Å². The van der Waals surface area contributed by atoms with Crippen molar-refractivity contribution in [3.8, 4) is 0 Å². The zero-order valence-corrected chi connectivity index (χ0v) is 15.3. The lowest BCUT2D eigenvalue weighted by Gasteiger charge is -2.35. The predicted molar refractivity (Wildman–Crippen MR) is 105 cm³/mol. The molecule has 0 unspecified atom stereocenters. The van der Waals surface area contributed by atoms with E-state index in [0.29, 0.717) is 17.1 Å². The molecule has 2 aromatic rings. The van der Waals surface area contributed by atoms with Crippen molar-refractivity contribution in [3.63, 3.8) is 0 Å². The Hall–Kier alpha value is -2.47. The number of aromatic nitrogens is 2. The number of hydrogen-bond donors (Lipinski definition) is 2. The Kier molecular flexibility index (Phi) is 4.59. The minimum absolute atomic E-state index is 0.359. The number of nitrogens with one attached hydrogen (secondary N) is 1. The van der Waals surface area contributed by atoms with E-state index >= 15 is 0 Å². The summed E-state index contributed by atoms with van der Waals surface area (Å²) in [4.78, 5) is 13.7. The van der Waals surface area contributed by atoms with Crippen LogP contribution in [0.1, 0.15) is 36.6 Å². The third-order valence-electron chi connectivity index (χ3n) is 5.41. The molecule has 1 aromatic carbocycles. The topological polar surface area (TPSA) is 82.1 Å². The van der Waals surface area contributed by atoms with E-state index in [-0.39, 0.29) is 0 Å². The van der Waals surface area contributed by atoms with Crippen molar-refractivity contribution in [1.82, 2.24) is 14.9 Å². The van der Waals surface area contributed by atoms with Crippen molar-refractivity contribution in [3.05, 3.63) is 47.4 Å². The summed E-state index contributed by atoms with van der Waals surface area (Å²) in [6.45, 7) is 6.24. The molecule has 3 N–H and O–H groups in total. The number of nitrogens with zero attached hydrogens (tertiary/aromatic N) is 4. The van der Waals surface area contributed by atoms with Crippen LogP contribution in [0.2, 0.25) is 0 Å². The van der Waals surface area contributed by atoms with Gasteiger partial charge in [-0.2, -0.15) is 0 Å². The Bertz CT molecular complexity index is 806. The second-order valence-corrected chi connectivity index (χ2v) is 7.17. The van der Waals surface area contributed by atoms with Gasteiger partial charge in [0.15, 0.2) is 0 Å². The Balaban J connectivity index is 1.53. The molecule has 6 heteroatoms. The van der Waals surface area contributed by atoms with Crippen molar-refractivity contribution in [2.75, 3.05) is 36.8 Å². The summed E-state index contributed by atoms with van der Waals surface area (Å²) in [5, 5.41) is 8.59. The van der Waals surface area contributed by atoms with Crippen LogP contribution in [-0.2, 0) is 6.42 Å². The Morgan fingerprint density at radius 2 is 1.92 bits per heavy atom. The fraction of sp³-hybridized carbons (Fsp3) is 0.450. The van der Waals surface area contributed by atoms with Gasteiger partial charge < -0.3 is 10.6 Å². The Morgan fingerprint density at radius 3 is 2.62 bits per heavy atom. The minimum Gasteiger partial charge on any atom is -0.398 e. The number of rotatable bonds is 5. The second kappa shape index (κ2) is 7.03. The van der Waals surface area contributed by atoms with Gasteiger partial charge in [0.25, 0.3) is 0 Å². The standard InChI is InChI=1S/C20H26N6/c1-2-14-3-6-17(21)16(11-14)20(22)18-12-19(24-13-23-18)26-9-7-25(8-10-26)15-4-5-15/h3,6,11-13,15,22H,2,4-5,7-10,21H2,1H3. The van der Waals surface area contributed by atoms with E-state index in [2.05, 4.69) is 26.7 Å². The molecule has 26 heavy (non-hydrogen) atoms. The van der Waals surface area contributed by atoms with Gasteiger partial charge >= 0.3 is 0 Å². The minimum atomic E-state index is 0.359. The van der Waals surface area contributed by atoms with Crippen LogP contribution in [0, 0.1) is 5.41 Å². The second-order valence-electron chi connectivity index (χ2n) is 7.17. The number of benzene rings is 1. The number of nitrogens with two attached hydrogens (primary N) is 1. The summed E-state index contributed by atoms with van der Waals surface area (Å²) in [6, 6.07) is 8.62. The van der Waals surface area contributed by atoms with Gasteiger partial charge in [0.1, 0.15) is 12.1 Å². The monoisotopic (exact) mass is 350 g/mol. The first-order valence-electron chi connectivity index (χ1n) is 9.44. The molecule has 1 saturated carbocycles. The molecule has 2 heterocycles. The van der Waals surface area contributed by atoms with Crippen LogP contribution in [-0.4, -0.2) is 52.8 Å². The van der Waals surface area contributed by atoms with E-state index in [1.54, 1.807) is 6.33 Å². The molecule has 6 nitrogen and oxygen atoms in total. The number of nitrogen functional groups attached to an aromatic ring is 1. The summed E-state index contributed by atoms with van der Waals surface area (Å²) in [5.41, 5.74) is 9.63. The lowest BCUT2D eigenvalue weighted by Crippen LogP contribution is -2.47. The molecule has 4 rings (SSSR count). The molecule has 0 spiro atoms. The smallest absolute Gasteiger partial charge is 0.132 e. The molecular formula is C20H26N6. The molecule has 0 bridgehead atoms. The fourth-order valence-corrected chi connectivity index (χ4v) is 3.59. The highest BCUT2D eigenvalue weighted by atomic mass is 15.3. The number of aryl methyl sites for hydroxylation is 1. The van der Waals surface area contributed by atoms with Gasteiger partial charge in [-0.05, 0) is 37.0 Å². The van der Waals surface area contributed by atoms with Gasteiger partial charge in [-0.3, -0.25) is 10.3 Å². The highest BCUT2D eigenvalue weighted by Crippen LogP contribution is 2.28. The molecule has 2 aliphatic rings. The van der Waals surface area contributed by atoms with Crippen LogP contribution < -0.4 is 10.6 Å². The molecule has 1 aliphatic heterocycles. The largest absolute Gasteiger partial charge is 0.398 e. The summed E-state index contributed by atoms with van der Waals surface area (Å²) in [6.07, 6.45) is 5.19. The van der Waals surface area contributed by atoms with E-state index in [9.17, 15) is 0 Å². The quantitative estimate of drug-likeness (QED) is 0.639. The summed E-state index contributed by atoms with van der Waals surface area (Å²) >= 11 is 0. The molecule has 0 atom stereocenters. The van der Waals surface area contributed by atoms with Crippen molar-refractivity contribution >= 4 is 17.2 Å². The zero-order chi connectivity index (χ0) is 18.1. The first-order chi connectivity index (χ1) is 12.7. The van der Waals surface area contributed by atoms with E-state index < -0.39 is 0 Å². The lowest BCUT2D eigenvalue weighted by atomic mass is 10.0. The van der Waals surface area contributed by atoms with Gasteiger partial charge in [0.2, 0.25) is 0 Å². The molecular weight excluding hydrogens is 324 g/mol. The third kappa shape index (κ3) is 3.42. The zero-order valence-electron chi connectivity index (χ0n) is 15.3. The molecule has 1 saturated heterocycles.